The lowest BCUT2D eigenvalue weighted by Crippen LogP contribution is -2.29. The van der Waals surface area contributed by atoms with Crippen molar-refractivity contribution >= 4 is 21.6 Å². The van der Waals surface area contributed by atoms with Crippen molar-refractivity contribution in [2.45, 2.75) is 33.0 Å². The molecule has 0 unspecified atom stereocenters. The number of halogens is 1. The molecule has 0 bridgehead atoms. The van der Waals surface area contributed by atoms with Gasteiger partial charge in [-0.05, 0) is 53.0 Å². The Hall–Kier alpha value is -1.32. The largest absolute Gasteiger partial charge is 0.398 e. The number of nitrogen functional groups attached to an aromatic ring is 1. The van der Waals surface area contributed by atoms with Crippen molar-refractivity contribution in [2.75, 3.05) is 5.73 Å². The van der Waals surface area contributed by atoms with E-state index < -0.39 is 0 Å². The molecule has 2 nitrogen and oxygen atoms in total. The molecule has 0 heterocycles. The summed E-state index contributed by atoms with van der Waals surface area (Å²) in [6, 6.07) is 17.3. The SMILES string of the molecule is CC(C)N(Cc1ccccc1)Cc1ccc(Br)c(N)c1. The average molecular weight is 333 g/mol. The van der Waals surface area contributed by atoms with E-state index >= 15 is 0 Å². The van der Waals surface area contributed by atoms with Gasteiger partial charge in [-0.25, -0.2) is 0 Å². The van der Waals surface area contributed by atoms with Crippen molar-refractivity contribution in [3.05, 3.63) is 64.1 Å². The third-order valence-corrected chi connectivity index (χ3v) is 4.13. The molecule has 0 fully saturated rings. The van der Waals surface area contributed by atoms with Crippen molar-refractivity contribution in [1.82, 2.24) is 4.90 Å². The summed E-state index contributed by atoms with van der Waals surface area (Å²) in [4.78, 5) is 2.44. The number of hydrogen-bond donors (Lipinski definition) is 1. The first kappa shape index (κ1) is 15.1. The van der Waals surface area contributed by atoms with E-state index in [0.717, 1.165) is 23.2 Å². The molecule has 3 heteroatoms. The summed E-state index contributed by atoms with van der Waals surface area (Å²) in [6.45, 7) is 6.31. The van der Waals surface area contributed by atoms with Crippen LogP contribution >= 0.6 is 15.9 Å². The van der Waals surface area contributed by atoms with Crippen molar-refractivity contribution in [2.24, 2.45) is 0 Å². The Morgan fingerprint density at radius 3 is 2.25 bits per heavy atom. The van der Waals surface area contributed by atoms with Crippen LogP contribution in [0.1, 0.15) is 25.0 Å². The van der Waals surface area contributed by atoms with Crippen LogP contribution in [0.3, 0.4) is 0 Å². The normalized spacial score (nSPS) is 11.2. The molecule has 0 spiro atoms. The van der Waals surface area contributed by atoms with E-state index in [0.29, 0.717) is 6.04 Å². The summed E-state index contributed by atoms with van der Waals surface area (Å²) in [5.41, 5.74) is 9.34. The highest BCUT2D eigenvalue weighted by Gasteiger charge is 2.11. The second-order valence-electron chi connectivity index (χ2n) is 5.34. The second-order valence-corrected chi connectivity index (χ2v) is 6.19. The maximum atomic E-state index is 5.96. The number of nitrogens with zero attached hydrogens (tertiary/aromatic N) is 1. The maximum absolute atomic E-state index is 5.96. The van der Waals surface area contributed by atoms with Gasteiger partial charge in [0.05, 0.1) is 0 Å². The molecule has 0 aromatic heterocycles. The fraction of sp³-hybridized carbons (Fsp3) is 0.294. The van der Waals surface area contributed by atoms with Gasteiger partial charge < -0.3 is 5.73 Å². The first-order chi connectivity index (χ1) is 9.56. The standard InChI is InChI=1S/C17H21BrN2/c1-13(2)20(11-14-6-4-3-5-7-14)12-15-8-9-16(18)17(19)10-15/h3-10,13H,11-12,19H2,1-2H3. The summed E-state index contributed by atoms with van der Waals surface area (Å²) >= 11 is 3.44. The zero-order valence-corrected chi connectivity index (χ0v) is 13.6. The van der Waals surface area contributed by atoms with Gasteiger partial charge in [0.2, 0.25) is 0 Å². The Labute approximate surface area is 129 Å². The second kappa shape index (κ2) is 6.91. The van der Waals surface area contributed by atoms with Gasteiger partial charge in [-0.2, -0.15) is 0 Å². The summed E-state index contributed by atoms with van der Waals surface area (Å²) in [5.74, 6) is 0. The molecule has 0 amide bonds. The predicted molar refractivity (Wildman–Crippen MR) is 89.4 cm³/mol. The van der Waals surface area contributed by atoms with E-state index in [1.807, 2.05) is 12.1 Å². The van der Waals surface area contributed by atoms with E-state index in [9.17, 15) is 0 Å². The lowest BCUT2D eigenvalue weighted by atomic mass is 10.1. The summed E-state index contributed by atoms with van der Waals surface area (Å²) in [6.07, 6.45) is 0. The topological polar surface area (TPSA) is 29.3 Å². The lowest BCUT2D eigenvalue weighted by Gasteiger charge is -2.27. The lowest BCUT2D eigenvalue weighted by molar-refractivity contribution is 0.203. The molecule has 20 heavy (non-hydrogen) atoms. The van der Waals surface area contributed by atoms with Crippen molar-refractivity contribution < 1.29 is 0 Å². The Bertz CT molecular complexity index is 552. The first-order valence-electron chi connectivity index (χ1n) is 6.88. The molecule has 106 valence electrons. The number of benzene rings is 2. The fourth-order valence-corrected chi connectivity index (χ4v) is 2.41. The molecular weight excluding hydrogens is 312 g/mol. The number of rotatable bonds is 5. The summed E-state index contributed by atoms with van der Waals surface area (Å²) < 4.78 is 0.959. The van der Waals surface area contributed by atoms with Crippen molar-refractivity contribution in [3.8, 4) is 0 Å². The fourth-order valence-electron chi connectivity index (χ4n) is 2.17. The molecule has 2 aromatic rings. The van der Waals surface area contributed by atoms with Crippen LogP contribution in [0.25, 0.3) is 0 Å². The molecule has 2 rings (SSSR count). The molecule has 0 radical (unpaired) electrons. The number of anilines is 1. The van der Waals surface area contributed by atoms with Gasteiger partial charge in [0.25, 0.3) is 0 Å². The Balaban J connectivity index is 2.11. The van der Waals surface area contributed by atoms with Crippen LogP contribution in [0.2, 0.25) is 0 Å². The highest BCUT2D eigenvalue weighted by molar-refractivity contribution is 9.10. The van der Waals surface area contributed by atoms with Gasteiger partial charge in [-0.15, -0.1) is 0 Å². The van der Waals surface area contributed by atoms with Crippen molar-refractivity contribution in [1.29, 1.82) is 0 Å². The molecule has 0 aliphatic heterocycles. The minimum absolute atomic E-state index is 0.486. The maximum Gasteiger partial charge on any atom is 0.0461 e. The minimum Gasteiger partial charge on any atom is -0.398 e. The van der Waals surface area contributed by atoms with Gasteiger partial charge in [0.1, 0.15) is 0 Å². The van der Waals surface area contributed by atoms with Gasteiger partial charge in [0.15, 0.2) is 0 Å². The van der Waals surface area contributed by atoms with E-state index in [4.69, 9.17) is 5.73 Å². The van der Waals surface area contributed by atoms with Crippen LogP contribution in [0.4, 0.5) is 5.69 Å². The van der Waals surface area contributed by atoms with Gasteiger partial charge in [0, 0.05) is 29.3 Å². The van der Waals surface area contributed by atoms with Crippen LogP contribution < -0.4 is 5.73 Å². The van der Waals surface area contributed by atoms with E-state index in [-0.39, 0.29) is 0 Å². The van der Waals surface area contributed by atoms with E-state index in [2.05, 4.69) is 71.1 Å². The summed E-state index contributed by atoms with van der Waals surface area (Å²) in [5, 5.41) is 0. The van der Waals surface area contributed by atoms with Gasteiger partial charge in [-0.3, -0.25) is 4.90 Å². The van der Waals surface area contributed by atoms with Gasteiger partial charge >= 0.3 is 0 Å². The zero-order chi connectivity index (χ0) is 14.5. The van der Waals surface area contributed by atoms with Crippen LogP contribution in [0, 0.1) is 0 Å². The smallest absolute Gasteiger partial charge is 0.0461 e. The highest BCUT2D eigenvalue weighted by atomic mass is 79.9. The van der Waals surface area contributed by atoms with Crippen LogP contribution in [-0.4, -0.2) is 10.9 Å². The van der Waals surface area contributed by atoms with Gasteiger partial charge in [-0.1, -0.05) is 36.4 Å². The van der Waals surface area contributed by atoms with E-state index in [1.54, 1.807) is 0 Å². The molecule has 2 N–H and O–H groups in total. The summed E-state index contributed by atoms with van der Waals surface area (Å²) in [7, 11) is 0. The van der Waals surface area contributed by atoms with Crippen molar-refractivity contribution in [3.63, 3.8) is 0 Å². The van der Waals surface area contributed by atoms with Crippen LogP contribution in [0.5, 0.6) is 0 Å². The monoisotopic (exact) mass is 332 g/mol. The van der Waals surface area contributed by atoms with E-state index in [1.165, 1.54) is 11.1 Å². The van der Waals surface area contributed by atoms with Crippen LogP contribution in [0.15, 0.2) is 53.0 Å². The molecular formula is C17H21BrN2. The molecule has 0 aliphatic rings. The Kier molecular flexibility index (Phi) is 5.21. The Morgan fingerprint density at radius 2 is 1.65 bits per heavy atom. The Morgan fingerprint density at radius 1 is 1.00 bits per heavy atom. The predicted octanol–water partition coefficient (Wildman–Crippen LogP) is 4.44. The molecule has 0 saturated carbocycles. The minimum atomic E-state index is 0.486. The third kappa shape index (κ3) is 4.09. The molecule has 0 aliphatic carbocycles. The number of nitrogens with two attached hydrogens (primary N) is 1. The molecule has 0 saturated heterocycles. The third-order valence-electron chi connectivity index (χ3n) is 3.40. The van der Waals surface area contributed by atoms with Crippen LogP contribution in [-0.2, 0) is 13.1 Å². The number of hydrogen-bond acceptors (Lipinski definition) is 2. The first-order valence-corrected chi connectivity index (χ1v) is 7.67. The quantitative estimate of drug-likeness (QED) is 0.820. The molecule has 0 atom stereocenters. The zero-order valence-electron chi connectivity index (χ0n) is 12.0. The highest BCUT2D eigenvalue weighted by Crippen LogP contribution is 2.22. The average Bonchev–Trinajstić information content (AvgIpc) is 2.43. The molecule has 2 aromatic carbocycles.